The van der Waals surface area contributed by atoms with Crippen LogP contribution in [0, 0.1) is 6.92 Å². The molecule has 0 aromatic heterocycles. The number of hydrogen-bond acceptors (Lipinski definition) is 0. The fourth-order valence-electron chi connectivity index (χ4n) is 4.88. The second-order valence-corrected chi connectivity index (χ2v) is 7.30. The molecule has 126 valence electrons. The molecule has 0 bridgehead atoms. The molecular weight excluding hydrogens is 312 g/mol. The number of allylic oxidation sites excluding steroid dienone is 4. The second-order valence-electron chi connectivity index (χ2n) is 7.30. The van der Waals surface area contributed by atoms with E-state index in [2.05, 4.69) is 97.9 Å². The summed E-state index contributed by atoms with van der Waals surface area (Å²) in [6.45, 7) is 2.24. The molecule has 2 aliphatic carbocycles. The van der Waals surface area contributed by atoms with Gasteiger partial charge in [-0.3, -0.25) is 0 Å². The lowest BCUT2D eigenvalue weighted by Gasteiger charge is -2.35. The van der Waals surface area contributed by atoms with Gasteiger partial charge in [-0.2, -0.15) is 0 Å². The van der Waals surface area contributed by atoms with Gasteiger partial charge in [0.2, 0.25) is 0 Å². The van der Waals surface area contributed by atoms with Crippen LogP contribution < -0.4 is 0 Å². The first kappa shape index (κ1) is 15.4. The highest BCUT2D eigenvalue weighted by Crippen LogP contribution is 2.57. The Bertz CT molecular complexity index is 1040. The van der Waals surface area contributed by atoms with E-state index >= 15 is 0 Å². The first-order chi connectivity index (χ1) is 12.8. The molecule has 1 unspecified atom stereocenters. The number of benzene rings is 3. The number of aryl methyl sites for hydroxylation is 1. The molecule has 0 N–H and O–H groups in total. The van der Waals surface area contributed by atoms with Crippen LogP contribution in [0.4, 0.5) is 0 Å². The van der Waals surface area contributed by atoms with Gasteiger partial charge in [0, 0.05) is 0 Å². The quantitative estimate of drug-likeness (QED) is 0.496. The summed E-state index contributed by atoms with van der Waals surface area (Å²) in [5, 5.41) is 0. The predicted molar refractivity (Wildman–Crippen MR) is 109 cm³/mol. The zero-order chi connectivity index (χ0) is 17.6. The summed E-state index contributed by atoms with van der Waals surface area (Å²) in [6.07, 6.45) is 9.38. The van der Waals surface area contributed by atoms with Crippen LogP contribution >= 0.6 is 0 Å². The van der Waals surface area contributed by atoms with E-state index in [0.29, 0.717) is 0 Å². The number of fused-ring (bicyclic) bond motifs is 3. The Morgan fingerprint density at radius 1 is 0.731 bits per heavy atom. The molecule has 0 spiro atoms. The Labute approximate surface area is 155 Å². The SMILES string of the molecule is Cc1cccc2c1-c1ccccc1C2(C1=CCCC=C1)c1ccccc1. The normalized spacial score (nSPS) is 20.4. The van der Waals surface area contributed by atoms with Crippen LogP contribution in [0.3, 0.4) is 0 Å². The average molecular weight is 334 g/mol. The fourth-order valence-corrected chi connectivity index (χ4v) is 4.88. The maximum Gasteiger partial charge on any atom is 0.0710 e. The molecule has 5 rings (SSSR count). The highest BCUT2D eigenvalue weighted by Gasteiger charge is 2.46. The minimum Gasteiger partial charge on any atom is -0.0839 e. The highest BCUT2D eigenvalue weighted by molar-refractivity contribution is 5.88. The van der Waals surface area contributed by atoms with Gasteiger partial charge >= 0.3 is 0 Å². The molecule has 0 heterocycles. The van der Waals surface area contributed by atoms with E-state index in [-0.39, 0.29) is 5.41 Å². The Morgan fingerprint density at radius 2 is 1.50 bits per heavy atom. The van der Waals surface area contributed by atoms with E-state index in [9.17, 15) is 0 Å². The smallest absolute Gasteiger partial charge is 0.0710 e. The van der Waals surface area contributed by atoms with Crippen molar-refractivity contribution in [2.75, 3.05) is 0 Å². The van der Waals surface area contributed by atoms with E-state index in [1.807, 2.05) is 0 Å². The van der Waals surface area contributed by atoms with E-state index in [1.54, 1.807) is 0 Å². The third kappa shape index (κ3) is 1.96. The standard InChI is InChI=1S/C26H22/c1-19-11-10-18-24-25(19)22-16-8-9-17-23(22)26(24,20-12-4-2-5-13-20)21-14-6-3-7-15-21/h2,4-6,8-18H,3,7H2,1H3. The summed E-state index contributed by atoms with van der Waals surface area (Å²) >= 11 is 0. The Kier molecular flexibility index (Phi) is 3.46. The van der Waals surface area contributed by atoms with E-state index in [1.165, 1.54) is 39.0 Å². The average Bonchev–Trinajstić information content (AvgIpc) is 3.02. The maximum absolute atomic E-state index is 2.45. The number of rotatable bonds is 2. The van der Waals surface area contributed by atoms with Crippen molar-refractivity contribution in [2.45, 2.75) is 25.2 Å². The molecule has 3 aromatic rings. The van der Waals surface area contributed by atoms with Crippen molar-refractivity contribution in [3.8, 4) is 11.1 Å². The van der Waals surface area contributed by atoms with Crippen molar-refractivity contribution in [2.24, 2.45) is 0 Å². The molecule has 0 aliphatic heterocycles. The monoisotopic (exact) mass is 334 g/mol. The van der Waals surface area contributed by atoms with Gasteiger partial charge in [0.15, 0.2) is 0 Å². The summed E-state index contributed by atoms with van der Waals surface area (Å²) in [6, 6.07) is 26.8. The van der Waals surface area contributed by atoms with Crippen molar-refractivity contribution in [3.63, 3.8) is 0 Å². The van der Waals surface area contributed by atoms with Crippen molar-refractivity contribution >= 4 is 0 Å². The third-order valence-corrected chi connectivity index (χ3v) is 5.91. The van der Waals surface area contributed by atoms with Crippen LogP contribution in [-0.4, -0.2) is 0 Å². The van der Waals surface area contributed by atoms with Gasteiger partial charge in [0.05, 0.1) is 5.41 Å². The lowest BCUT2D eigenvalue weighted by atomic mass is 9.66. The van der Waals surface area contributed by atoms with Crippen LogP contribution in [0.25, 0.3) is 11.1 Å². The fraction of sp³-hybridized carbons (Fsp3) is 0.154. The summed E-state index contributed by atoms with van der Waals surface area (Å²) in [7, 11) is 0. The van der Waals surface area contributed by atoms with E-state index < -0.39 is 0 Å². The van der Waals surface area contributed by atoms with Crippen LogP contribution in [0.1, 0.15) is 35.1 Å². The van der Waals surface area contributed by atoms with Crippen molar-refractivity contribution in [3.05, 3.63) is 119 Å². The van der Waals surface area contributed by atoms with Crippen LogP contribution in [-0.2, 0) is 5.41 Å². The predicted octanol–water partition coefficient (Wildman–Crippen LogP) is 6.59. The lowest BCUT2D eigenvalue weighted by molar-refractivity contribution is 0.751. The molecule has 0 amide bonds. The Balaban J connectivity index is 1.96. The van der Waals surface area contributed by atoms with Gasteiger partial charge in [-0.05, 0) is 58.7 Å². The highest BCUT2D eigenvalue weighted by atomic mass is 14.5. The minimum atomic E-state index is -0.212. The van der Waals surface area contributed by atoms with Crippen LogP contribution in [0.15, 0.2) is 96.6 Å². The lowest BCUT2D eigenvalue weighted by Crippen LogP contribution is -2.29. The zero-order valence-corrected chi connectivity index (χ0v) is 15.1. The van der Waals surface area contributed by atoms with E-state index in [0.717, 1.165) is 12.8 Å². The van der Waals surface area contributed by atoms with Crippen molar-refractivity contribution in [1.29, 1.82) is 0 Å². The summed E-state index contributed by atoms with van der Waals surface area (Å²) < 4.78 is 0. The second kappa shape index (κ2) is 5.85. The zero-order valence-electron chi connectivity index (χ0n) is 15.1. The van der Waals surface area contributed by atoms with Crippen molar-refractivity contribution in [1.82, 2.24) is 0 Å². The molecule has 26 heavy (non-hydrogen) atoms. The van der Waals surface area contributed by atoms with Gasteiger partial charge in [0.25, 0.3) is 0 Å². The van der Waals surface area contributed by atoms with Gasteiger partial charge in [-0.15, -0.1) is 0 Å². The topological polar surface area (TPSA) is 0 Å². The minimum absolute atomic E-state index is 0.212. The Morgan fingerprint density at radius 3 is 2.31 bits per heavy atom. The molecule has 0 nitrogen and oxygen atoms in total. The number of hydrogen-bond donors (Lipinski definition) is 0. The molecule has 3 aromatic carbocycles. The van der Waals surface area contributed by atoms with Gasteiger partial charge in [0.1, 0.15) is 0 Å². The van der Waals surface area contributed by atoms with Gasteiger partial charge < -0.3 is 0 Å². The molecular formula is C26H22. The van der Waals surface area contributed by atoms with Crippen LogP contribution in [0.5, 0.6) is 0 Å². The summed E-state index contributed by atoms with van der Waals surface area (Å²) in [5.41, 5.74) is 9.53. The molecule has 2 aliphatic rings. The van der Waals surface area contributed by atoms with Gasteiger partial charge in [-0.1, -0.05) is 91.0 Å². The third-order valence-electron chi connectivity index (χ3n) is 5.91. The maximum atomic E-state index is 2.45. The largest absolute Gasteiger partial charge is 0.0839 e. The summed E-state index contributed by atoms with van der Waals surface area (Å²) in [5.74, 6) is 0. The summed E-state index contributed by atoms with van der Waals surface area (Å²) in [4.78, 5) is 0. The molecule has 0 saturated carbocycles. The molecule has 1 atom stereocenters. The first-order valence-electron chi connectivity index (χ1n) is 9.46. The molecule has 0 heteroatoms. The van der Waals surface area contributed by atoms with E-state index in [4.69, 9.17) is 0 Å². The molecule has 0 saturated heterocycles. The molecule has 0 radical (unpaired) electrons. The Hall–Kier alpha value is -2.86. The van der Waals surface area contributed by atoms with Crippen molar-refractivity contribution < 1.29 is 0 Å². The van der Waals surface area contributed by atoms with Gasteiger partial charge in [-0.25, -0.2) is 0 Å². The first-order valence-corrected chi connectivity index (χ1v) is 9.46. The molecule has 0 fully saturated rings. The van der Waals surface area contributed by atoms with Crippen LogP contribution in [0.2, 0.25) is 0 Å².